The van der Waals surface area contributed by atoms with Gasteiger partial charge in [0.2, 0.25) is 0 Å². The van der Waals surface area contributed by atoms with E-state index in [1.54, 1.807) is 0 Å². The topological polar surface area (TPSA) is 134 Å². The van der Waals surface area contributed by atoms with E-state index in [0.29, 0.717) is 0 Å². The molecule has 6 nitrogen and oxygen atoms in total. The molecule has 0 aromatic heterocycles. The van der Waals surface area contributed by atoms with Crippen molar-refractivity contribution in [3.8, 4) is 0 Å². The Balaban J connectivity index is -0.0000000347. The van der Waals surface area contributed by atoms with E-state index < -0.39 is 5.97 Å². The average molecular weight is 216 g/mol. The van der Waals surface area contributed by atoms with Crippen molar-refractivity contribution in [3.05, 3.63) is 0 Å². The van der Waals surface area contributed by atoms with Gasteiger partial charge >= 0.3 is 29.6 Å². The van der Waals surface area contributed by atoms with E-state index in [0.717, 1.165) is 14.2 Å². The molecule has 0 fully saturated rings. The van der Waals surface area contributed by atoms with Crippen LogP contribution in [0.15, 0.2) is 0 Å². The summed E-state index contributed by atoms with van der Waals surface area (Å²) >= 11 is 0. The van der Waals surface area contributed by atoms with Crippen molar-refractivity contribution < 1.29 is 60.0 Å². The third kappa shape index (κ3) is 95.4. The molecule has 0 saturated carbocycles. The molecule has 0 atom stereocenters. The molecule has 0 rings (SSSR count). The second kappa shape index (κ2) is 18.6. The number of carboxylic acids is 1. The van der Waals surface area contributed by atoms with Crippen molar-refractivity contribution in [3.63, 3.8) is 0 Å². The van der Waals surface area contributed by atoms with Gasteiger partial charge in [-0.2, -0.15) is 7.28 Å². The van der Waals surface area contributed by atoms with Gasteiger partial charge in [0, 0.05) is 6.92 Å². The number of carbonyl (C=O) groups is 3. The van der Waals surface area contributed by atoms with Gasteiger partial charge in [0.25, 0.3) is 5.97 Å². The average Bonchev–Trinajstić information content (AvgIpc) is 1.56. The van der Waals surface area contributed by atoms with Gasteiger partial charge in [-0.25, -0.2) is 0 Å². The number of carbonyl (C=O) groups excluding carboxylic acids is 2. The molecule has 0 saturated heterocycles. The molecule has 2 radical (unpaired) electrons. The van der Waals surface area contributed by atoms with Crippen molar-refractivity contribution in [2.24, 2.45) is 0 Å². The van der Waals surface area contributed by atoms with E-state index in [-0.39, 0.29) is 51.9 Å². The maximum absolute atomic E-state index is 9.98. The van der Waals surface area contributed by atoms with Crippen molar-refractivity contribution in [2.75, 3.05) is 0 Å². The molecule has 0 aromatic carbocycles. The van der Waals surface area contributed by atoms with Crippen LogP contribution >= 0.6 is 0 Å². The summed E-state index contributed by atoms with van der Waals surface area (Å²) in [6, 6.07) is 0. The number of aliphatic carboxylic acids is 1. The van der Waals surface area contributed by atoms with E-state index in [1.165, 1.54) is 13.8 Å². The smallest absolute Gasteiger partial charge is 0.481 e. The Morgan fingerprint density at radius 1 is 0.929 bits per heavy atom. The van der Waals surface area contributed by atoms with E-state index in [1.807, 2.05) is 0 Å². The summed E-state index contributed by atoms with van der Waals surface area (Å²) < 4.78 is 0. The monoisotopic (exact) mass is 216 g/mol. The third-order valence-corrected chi connectivity index (χ3v) is 0.407. The Morgan fingerprint density at radius 3 is 1.07 bits per heavy atom. The van der Waals surface area contributed by atoms with Gasteiger partial charge in [0.15, 0.2) is 0 Å². The second-order valence-corrected chi connectivity index (χ2v) is 1.88. The van der Waals surface area contributed by atoms with Gasteiger partial charge in [-0.15, -0.1) is 0 Å². The van der Waals surface area contributed by atoms with E-state index in [2.05, 4.69) is 0 Å². The maximum Gasteiger partial charge on any atom is 1.00 e. The Morgan fingerprint density at radius 2 is 1.07 bits per heavy atom. The standard InChI is InChI=1S/C4H6BO2.C2H4O2.Na.2H2O/c1-3(6)5-4(2)7;1-2(3)4;;;/h1-2H3;1H3,(H,3,4);;2*1H2/q-1;;+1;;. The van der Waals surface area contributed by atoms with E-state index in [4.69, 9.17) is 9.90 Å². The molecule has 0 spiro atoms. The first-order valence-corrected chi connectivity index (χ1v) is 2.91. The van der Waals surface area contributed by atoms with Crippen LogP contribution in [0.25, 0.3) is 0 Å². The number of hydrogen-bond acceptors (Lipinski definition) is 3. The van der Waals surface area contributed by atoms with E-state index >= 15 is 0 Å². The van der Waals surface area contributed by atoms with Gasteiger partial charge < -0.3 is 25.6 Å². The zero-order valence-corrected chi connectivity index (χ0v) is 10.7. The first kappa shape index (κ1) is 29.2. The molecule has 5 N–H and O–H groups in total. The summed E-state index contributed by atoms with van der Waals surface area (Å²) in [6.45, 7) is 3.78. The maximum atomic E-state index is 9.98. The van der Waals surface area contributed by atoms with Gasteiger partial charge in [-0.3, -0.25) is 4.79 Å². The molecule has 8 heteroatoms. The fourth-order valence-electron chi connectivity index (χ4n) is 0.286. The zero-order chi connectivity index (χ0) is 9.44. The molecule has 0 aliphatic heterocycles. The van der Waals surface area contributed by atoms with Gasteiger partial charge in [0.05, 0.1) is 0 Å². The van der Waals surface area contributed by atoms with E-state index in [9.17, 15) is 9.59 Å². The van der Waals surface area contributed by atoms with Crippen molar-refractivity contribution in [1.82, 2.24) is 0 Å². The van der Waals surface area contributed by atoms with Crippen LogP contribution in [-0.4, -0.2) is 40.7 Å². The quantitative estimate of drug-likeness (QED) is 0.463. The molecule has 0 bridgehead atoms. The fourth-order valence-corrected chi connectivity index (χ4v) is 0.286. The fraction of sp³-hybridized carbons (Fsp3) is 0.500. The molecular weight excluding hydrogens is 202 g/mol. The van der Waals surface area contributed by atoms with Gasteiger partial charge in [-0.05, 0) is 0 Å². The van der Waals surface area contributed by atoms with Crippen LogP contribution in [0.1, 0.15) is 20.8 Å². The van der Waals surface area contributed by atoms with Crippen molar-refractivity contribution in [2.45, 2.75) is 20.8 Å². The van der Waals surface area contributed by atoms with Gasteiger partial charge in [0.1, 0.15) is 0 Å². The van der Waals surface area contributed by atoms with Crippen molar-refractivity contribution >= 4 is 24.6 Å². The predicted octanol–water partition coefficient (Wildman–Crippen LogP) is -4.77. The molecule has 14 heavy (non-hydrogen) atoms. The molecule has 0 heterocycles. The SMILES string of the molecule is CC(=O)O.CC(=O)[B-]C(C)=O.O.O.[Na+]. The van der Waals surface area contributed by atoms with Crippen LogP contribution in [0.5, 0.6) is 0 Å². The summed E-state index contributed by atoms with van der Waals surface area (Å²) in [4.78, 5) is 29.0. The predicted molar refractivity (Wildman–Crippen MR) is 47.7 cm³/mol. The largest absolute Gasteiger partial charge is 1.00 e. The molecule has 0 aliphatic rings. The minimum Gasteiger partial charge on any atom is -0.481 e. The minimum absolute atomic E-state index is 0. The Kier molecular flexibility index (Phi) is 38.7. The first-order valence-electron chi connectivity index (χ1n) is 2.91. The van der Waals surface area contributed by atoms with Crippen LogP contribution in [0.3, 0.4) is 0 Å². The van der Waals surface area contributed by atoms with Crippen LogP contribution in [0.2, 0.25) is 0 Å². The molecule has 0 aromatic rings. The summed E-state index contributed by atoms with van der Waals surface area (Å²) in [5.74, 6) is -0.833. The summed E-state index contributed by atoms with van der Waals surface area (Å²) in [6.07, 6.45) is 0. The number of rotatable bonds is 2. The summed E-state index contributed by atoms with van der Waals surface area (Å²) in [5, 5.41) is 7.42. The Hall–Kier alpha value is -0.205. The van der Waals surface area contributed by atoms with Crippen molar-refractivity contribution in [1.29, 1.82) is 0 Å². The number of hydrogen-bond donors (Lipinski definition) is 1. The molecular formula is C6H14BNaO6. The second-order valence-electron chi connectivity index (χ2n) is 1.88. The molecule has 78 valence electrons. The zero-order valence-electron chi connectivity index (χ0n) is 8.75. The minimum atomic E-state index is -0.833. The summed E-state index contributed by atoms with van der Waals surface area (Å²) in [5.41, 5.74) is -0.375. The Bertz CT molecular complexity index is 156. The van der Waals surface area contributed by atoms with Crippen LogP contribution in [0, 0.1) is 0 Å². The van der Waals surface area contributed by atoms with Crippen LogP contribution in [-0.2, 0) is 14.4 Å². The van der Waals surface area contributed by atoms with Crippen LogP contribution < -0.4 is 29.6 Å². The molecule has 0 unspecified atom stereocenters. The third-order valence-electron chi connectivity index (χ3n) is 0.407. The normalized spacial score (nSPS) is 5.93. The summed E-state index contributed by atoms with van der Waals surface area (Å²) in [7, 11) is 1.06. The number of carboxylic acid groups (broad SMARTS) is 1. The van der Waals surface area contributed by atoms with Crippen LogP contribution in [0.4, 0.5) is 0 Å². The molecule has 0 aliphatic carbocycles. The Labute approximate surface area is 105 Å². The molecule has 0 amide bonds. The first-order chi connectivity index (χ1) is 4.86. The van der Waals surface area contributed by atoms with Gasteiger partial charge in [-0.1, -0.05) is 25.2 Å².